The number of nitrogen functional groups attached to an aromatic ring is 1. The molecule has 0 unspecified atom stereocenters. The zero-order valence-electron chi connectivity index (χ0n) is 19.8. The fourth-order valence-electron chi connectivity index (χ4n) is 4.46. The lowest BCUT2D eigenvalue weighted by Crippen LogP contribution is -2.10. The van der Waals surface area contributed by atoms with Crippen molar-refractivity contribution in [1.29, 1.82) is 0 Å². The molecule has 5 aromatic rings. The highest BCUT2D eigenvalue weighted by atomic mass is 35.5. The van der Waals surface area contributed by atoms with Crippen molar-refractivity contribution in [2.45, 2.75) is 26.2 Å². The first-order chi connectivity index (χ1) is 17.4. The quantitative estimate of drug-likeness (QED) is 0.329. The van der Waals surface area contributed by atoms with Gasteiger partial charge in [0, 0.05) is 17.4 Å². The summed E-state index contributed by atoms with van der Waals surface area (Å²) in [5, 5.41) is 0.436. The molecule has 0 atom stereocenters. The average molecular weight is 497 g/mol. The predicted octanol–water partition coefficient (Wildman–Crippen LogP) is 5.30. The monoisotopic (exact) mass is 496 g/mol. The summed E-state index contributed by atoms with van der Waals surface area (Å²) in [6.07, 6.45) is 5.13. The summed E-state index contributed by atoms with van der Waals surface area (Å²) >= 11 is 6.17. The number of aryl methyl sites for hydroxylation is 3. The maximum atomic E-state index is 10.6. The van der Waals surface area contributed by atoms with Crippen LogP contribution in [0.1, 0.15) is 33.5 Å². The summed E-state index contributed by atoms with van der Waals surface area (Å²) in [4.78, 5) is 24.1. The summed E-state index contributed by atoms with van der Waals surface area (Å²) in [5.74, 6) is 0.790. The number of primary amides is 1. The maximum Gasteiger partial charge on any atom is 0.248 e. The number of hydrogen-bond acceptors (Lipinski definition) is 5. The minimum Gasteiger partial charge on any atom is -0.383 e. The van der Waals surface area contributed by atoms with Crippen molar-refractivity contribution in [3.05, 3.63) is 100 Å². The topological polar surface area (TPSA) is 113 Å². The van der Waals surface area contributed by atoms with E-state index in [4.69, 9.17) is 28.1 Å². The standard InChI is InChI=1S/C20H16ClN5.C8H9NO/c21-17-9-8-16-20(25-17)26(14-7-6-12-3-1-4-13(12)11-14)19(24-16)15-5-2-10-23-18(15)22;1-6-3-2-4-7(5-6)8(9)10/h2,5-11H,1,3-4H2,(H2,22,23);2-5H,1H3,(H2,9,10). The number of aromatic nitrogens is 4. The van der Waals surface area contributed by atoms with Gasteiger partial charge in [0.1, 0.15) is 16.5 Å². The van der Waals surface area contributed by atoms with E-state index in [0.29, 0.717) is 22.2 Å². The molecular formula is C28H25ClN6O. The SMILES string of the molecule is Cc1cccc(C(N)=O)c1.Nc1ncccc1-c1nc2ccc(Cl)nc2n1-c1ccc2c(c1)CCC2. The highest BCUT2D eigenvalue weighted by Crippen LogP contribution is 2.32. The summed E-state index contributed by atoms with van der Waals surface area (Å²) in [7, 11) is 0. The first-order valence-corrected chi connectivity index (χ1v) is 12.0. The summed E-state index contributed by atoms with van der Waals surface area (Å²) < 4.78 is 2.02. The molecule has 0 aliphatic heterocycles. The first kappa shape index (κ1) is 23.5. The number of carbonyl (C=O) groups excluding carboxylic acids is 1. The largest absolute Gasteiger partial charge is 0.383 e. The summed E-state index contributed by atoms with van der Waals surface area (Å²) in [5.41, 5.74) is 18.9. The van der Waals surface area contributed by atoms with E-state index < -0.39 is 0 Å². The van der Waals surface area contributed by atoms with Crippen LogP contribution in [-0.4, -0.2) is 25.4 Å². The van der Waals surface area contributed by atoms with E-state index in [1.165, 1.54) is 17.5 Å². The number of anilines is 1. The number of amides is 1. The second-order valence-corrected chi connectivity index (χ2v) is 9.11. The van der Waals surface area contributed by atoms with E-state index in [2.05, 4.69) is 28.2 Å². The number of pyridine rings is 2. The fourth-order valence-corrected chi connectivity index (χ4v) is 4.60. The van der Waals surface area contributed by atoms with E-state index in [1.807, 2.05) is 41.8 Å². The zero-order chi connectivity index (χ0) is 25.2. The zero-order valence-corrected chi connectivity index (χ0v) is 20.5. The number of nitrogens with zero attached hydrogens (tertiary/aromatic N) is 4. The number of benzene rings is 2. The fraction of sp³-hybridized carbons (Fsp3) is 0.143. The molecule has 180 valence electrons. The molecular weight excluding hydrogens is 472 g/mol. The van der Waals surface area contributed by atoms with Crippen LogP contribution in [0.5, 0.6) is 0 Å². The van der Waals surface area contributed by atoms with Crippen LogP contribution in [0.4, 0.5) is 5.82 Å². The van der Waals surface area contributed by atoms with Crippen molar-refractivity contribution >= 4 is 34.5 Å². The Bertz CT molecular complexity index is 1590. The van der Waals surface area contributed by atoms with Crippen molar-refractivity contribution < 1.29 is 4.79 Å². The molecule has 2 aromatic carbocycles. The molecule has 0 spiro atoms. The third kappa shape index (κ3) is 4.65. The van der Waals surface area contributed by atoms with Gasteiger partial charge >= 0.3 is 0 Å². The number of halogens is 1. The Morgan fingerprint density at radius 1 is 0.972 bits per heavy atom. The molecule has 1 aliphatic rings. The lowest BCUT2D eigenvalue weighted by Gasteiger charge is -2.11. The molecule has 0 bridgehead atoms. The average Bonchev–Trinajstić information content (AvgIpc) is 3.48. The van der Waals surface area contributed by atoms with Crippen LogP contribution < -0.4 is 11.5 Å². The second kappa shape index (κ2) is 9.79. The number of hydrogen-bond donors (Lipinski definition) is 2. The van der Waals surface area contributed by atoms with Crippen LogP contribution in [0.3, 0.4) is 0 Å². The molecule has 7 nitrogen and oxygen atoms in total. The Balaban J connectivity index is 0.000000226. The molecule has 0 saturated carbocycles. The Morgan fingerprint density at radius 3 is 2.56 bits per heavy atom. The van der Waals surface area contributed by atoms with Gasteiger partial charge in [0.05, 0.1) is 5.56 Å². The van der Waals surface area contributed by atoms with Crippen LogP contribution in [0.2, 0.25) is 5.15 Å². The molecule has 0 radical (unpaired) electrons. The Hall–Kier alpha value is -4.23. The first-order valence-electron chi connectivity index (χ1n) is 11.7. The van der Waals surface area contributed by atoms with Crippen LogP contribution >= 0.6 is 11.6 Å². The van der Waals surface area contributed by atoms with Crippen LogP contribution in [-0.2, 0) is 12.8 Å². The van der Waals surface area contributed by atoms with Crippen molar-refractivity contribution in [2.75, 3.05) is 5.73 Å². The van der Waals surface area contributed by atoms with Gasteiger partial charge in [0.25, 0.3) is 0 Å². The van der Waals surface area contributed by atoms with Gasteiger partial charge in [-0.1, -0.05) is 35.4 Å². The minimum atomic E-state index is -0.372. The Kier molecular flexibility index (Phi) is 6.40. The highest BCUT2D eigenvalue weighted by molar-refractivity contribution is 6.29. The molecule has 4 N–H and O–H groups in total. The van der Waals surface area contributed by atoms with Crippen molar-refractivity contribution in [3.8, 4) is 17.1 Å². The molecule has 6 rings (SSSR count). The Morgan fingerprint density at radius 2 is 1.81 bits per heavy atom. The number of rotatable bonds is 3. The highest BCUT2D eigenvalue weighted by Gasteiger charge is 2.20. The summed E-state index contributed by atoms with van der Waals surface area (Å²) in [6.45, 7) is 1.92. The Labute approximate surface area is 213 Å². The minimum absolute atomic E-state index is 0.372. The van der Waals surface area contributed by atoms with Gasteiger partial charge < -0.3 is 11.5 Å². The van der Waals surface area contributed by atoms with Gasteiger partial charge in [-0.25, -0.2) is 15.0 Å². The molecule has 8 heteroatoms. The lowest BCUT2D eigenvalue weighted by molar-refractivity contribution is 0.1000. The van der Waals surface area contributed by atoms with Crippen molar-refractivity contribution in [1.82, 2.24) is 19.5 Å². The van der Waals surface area contributed by atoms with Gasteiger partial charge in [0.2, 0.25) is 5.91 Å². The normalized spacial score (nSPS) is 12.2. The smallest absolute Gasteiger partial charge is 0.248 e. The number of fused-ring (bicyclic) bond motifs is 2. The molecule has 1 amide bonds. The van der Waals surface area contributed by atoms with Crippen LogP contribution in [0.25, 0.3) is 28.2 Å². The van der Waals surface area contributed by atoms with E-state index in [-0.39, 0.29) is 5.91 Å². The lowest BCUT2D eigenvalue weighted by atomic mass is 10.1. The van der Waals surface area contributed by atoms with E-state index in [0.717, 1.165) is 41.0 Å². The molecule has 3 heterocycles. The van der Waals surface area contributed by atoms with Crippen molar-refractivity contribution in [2.24, 2.45) is 5.73 Å². The van der Waals surface area contributed by atoms with E-state index >= 15 is 0 Å². The van der Waals surface area contributed by atoms with Gasteiger partial charge in [-0.05, 0) is 85.8 Å². The third-order valence-electron chi connectivity index (χ3n) is 6.19. The second-order valence-electron chi connectivity index (χ2n) is 8.72. The van der Waals surface area contributed by atoms with Gasteiger partial charge in [-0.2, -0.15) is 0 Å². The summed E-state index contributed by atoms with van der Waals surface area (Å²) in [6, 6.07) is 21.2. The number of nitrogens with two attached hydrogens (primary N) is 2. The predicted molar refractivity (Wildman–Crippen MR) is 143 cm³/mol. The van der Waals surface area contributed by atoms with Crippen LogP contribution in [0.15, 0.2) is 72.9 Å². The van der Waals surface area contributed by atoms with Gasteiger partial charge in [-0.15, -0.1) is 0 Å². The molecule has 0 fully saturated rings. The van der Waals surface area contributed by atoms with E-state index in [9.17, 15) is 4.79 Å². The molecule has 1 aliphatic carbocycles. The third-order valence-corrected chi connectivity index (χ3v) is 6.40. The maximum absolute atomic E-state index is 10.6. The molecule has 36 heavy (non-hydrogen) atoms. The van der Waals surface area contributed by atoms with Gasteiger partial charge in [-0.3, -0.25) is 9.36 Å². The molecule has 0 saturated heterocycles. The number of carbonyl (C=O) groups is 1. The van der Waals surface area contributed by atoms with Gasteiger partial charge in [0.15, 0.2) is 11.5 Å². The van der Waals surface area contributed by atoms with Crippen molar-refractivity contribution in [3.63, 3.8) is 0 Å². The number of imidazole rings is 1. The molecule has 3 aromatic heterocycles. The van der Waals surface area contributed by atoms with Crippen LogP contribution in [0, 0.1) is 6.92 Å². The van der Waals surface area contributed by atoms with E-state index in [1.54, 1.807) is 24.4 Å².